The standard InChI is InChI=1S/C21H27NS/c1-2-17-9-6-7-12-20(17)16-22-23-21-14-8-13-19(15-21)18-10-4-3-5-11-18/h3-5,8,10-11,13-15,17,20,22H,2,6-7,9,12,16H2,1H3. The third kappa shape index (κ3) is 4.62. The van der Waals surface area contributed by atoms with Gasteiger partial charge >= 0.3 is 0 Å². The minimum atomic E-state index is 0.860. The van der Waals surface area contributed by atoms with E-state index in [1.165, 1.54) is 48.1 Å². The Morgan fingerprint density at radius 3 is 2.43 bits per heavy atom. The van der Waals surface area contributed by atoms with E-state index in [-0.39, 0.29) is 0 Å². The number of hydrogen-bond donors (Lipinski definition) is 1. The summed E-state index contributed by atoms with van der Waals surface area (Å²) in [4.78, 5) is 1.30. The van der Waals surface area contributed by atoms with Crippen molar-refractivity contribution in [3.05, 3.63) is 54.6 Å². The van der Waals surface area contributed by atoms with Gasteiger partial charge in [-0.2, -0.15) is 0 Å². The molecule has 23 heavy (non-hydrogen) atoms. The van der Waals surface area contributed by atoms with Crippen LogP contribution in [-0.2, 0) is 0 Å². The molecule has 1 aliphatic rings. The molecule has 2 aromatic carbocycles. The first-order chi connectivity index (χ1) is 11.4. The predicted octanol–water partition coefficient (Wildman–Crippen LogP) is 6.17. The van der Waals surface area contributed by atoms with Crippen LogP contribution < -0.4 is 4.72 Å². The third-order valence-electron chi connectivity index (χ3n) is 5.07. The van der Waals surface area contributed by atoms with E-state index in [1.807, 2.05) is 0 Å². The van der Waals surface area contributed by atoms with Gasteiger partial charge in [0.05, 0.1) is 0 Å². The molecule has 2 unspecified atom stereocenters. The molecule has 0 amide bonds. The van der Waals surface area contributed by atoms with Gasteiger partial charge in [0, 0.05) is 11.4 Å². The highest BCUT2D eigenvalue weighted by molar-refractivity contribution is 7.97. The van der Waals surface area contributed by atoms with E-state index < -0.39 is 0 Å². The van der Waals surface area contributed by atoms with E-state index in [2.05, 4.69) is 66.2 Å². The number of hydrogen-bond acceptors (Lipinski definition) is 2. The molecule has 122 valence electrons. The molecular weight excluding hydrogens is 298 g/mol. The fourth-order valence-electron chi connectivity index (χ4n) is 3.69. The lowest BCUT2D eigenvalue weighted by atomic mass is 9.78. The molecule has 1 fully saturated rings. The summed E-state index contributed by atoms with van der Waals surface area (Å²) in [5.74, 6) is 1.78. The summed E-state index contributed by atoms with van der Waals surface area (Å²) >= 11 is 1.79. The van der Waals surface area contributed by atoms with Crippen LogP contribution in [0.1, 0.15) is 39.0 Å². The molecule has 0 aliphatic heterocycles. The molecule has 2 heteroatoms. The average Bonchev–Trinajstić information content (AvgIpc) is 2.63. The van der Waals surface area contributed by atoms with E-state index in [0.29, 0.717) is 0 Å². The summed E-state index contributed by atoms with van der Waals surface area (Å²) in [5.41, 5.74) is 2.58. The summed E-state index contributed by atoms with van der Waals surface area (Å²) in [7, 11) is 0. The molecule has 0 heterocycles. The van der Waals surface area contributed by atoms with E-state index in [4.69, 9.17) is 0 Å². The number of rotatable bonds is 6. The Hall–Kier alpha value is -1.25. The first-order valence-corrected chi connectivity index (χ1v) is 9.73. The summed E-state index contributed by atoms with van der Waals surface area (Å²) in [6.07, 6.45) is 7.01. The van der Waals surface area contributed by atoms with Gasteiger partial charge in [-0.05, 0) is 53.5 Å². The highest BCUT2D eigenvalue weighted by Gasteiger charge is 2.23. The third-order valence-corrected chi connectivity index (χ3v) is 5.87. The molecule has 2 aromatic rings. The van der Waals surface area contributed by atoms with Crippen molar-refractivity contribution in [2.24, 2.45) is 11.8 Å². The van der Waals surface area contributed by atoms with Crippen molar-refractivity contribution in [1.82, 2.24) is 4.72 Å². The zero-order chi connectivity index (χ0) is 15.9. The summed E-state index contributed by atoms with van der Waals surface area (Å²) < 4.78 is 3.63. The van der Waals surface area contributed by atoms with Gasteiger partial charge in [-0.1, -0.05) is 75.1 Å². The molecule has 0 radical (unpaired) electrons. The first kappa shape index (κ1) is 16.6. The van der Waals surface area contributed by atoms with Gasteiger partial charge in [0.2, 0.25) is 0 Å². The minimum absolute atomic E-state index is 0.860. The summed E-state index contributed by atoms with van der Waals surface area (Å²) in [6, 6.07) is 19.4. The molecule has 1 N–H and O–H groups in total. The summed E-state index contributed by atoms with van der Waals surface area (Å²) in [5, 5.41) is 0. The van der Waals surface area contributed by atoms with Gasteiger partial charge in [-0.3, -0.25) is 4.72 Å². The Kier molecular flexibility index (Phi) is 6.18. The van der Waals surface area contributed by atoms with Gasteiger partial charge < -0.3 is 0 Å². The second-order valence-corrected chi connectivity index (χ2v) is 7.52. The van der Waals surface area contributed by atoms with Gasteiger partial charge in [0.15, 0.2) is 0 Å². The smallest absolute Gasteiger partial charge is 0.0234 e. The van der Waals surface area contributed by atoms with Crippen LogP contribution in [-0.4, -0.2) is 6.54 Å². The Labute approximate surface area is 145 Å². The molecular formula is C21H27NS. The van der Waals surface area contributed by atoms with Crippen LogP contribution in [0.2, 0.25) is 0 Å². The number of nitrogens with one attached hydrogen (secondary N) is 1. The van der Waals surface area contributed by atoms with Gasteiger partial charge in [0.1, 0.15) is 0 Å². The monoisotopic (exact) mass is 325 g/mol. The van der Waals surface area contributed by atoms with Crippen LogP contribution in [0.4, 0.5) is 0 Å². The van der Waals surface area contributed by atoms with Crippen LogP contribution in [0.15, 0.2) is 59.5 Å². The van der Waals surface area contributed by atoms with Gasteiger partial charge in [0.25, 0.3) is 0 Å². The Bertz CT molecular complexity index is 596. The van der Waals surface area contributed by atoms with Crippen LogP contribution in [0.5, 0.6) is 0 Å². The van der Waals surface area contributed by atoms with E-state index >= 15 is 0 Å². The van der Waals surface area contributed by atoms with E-state index in [1.54, 1.807) is 11.9 Å². The van der Waals surface area contributed by atoms with Crippen LogP contribution >= 0.6 is 11.9 Å². The van der Waals surface area contributed by atoms with Crippen molar-refractivity contribution in [2.75, 3.05) is 6.54 Å². The van der Waals surface area contributed by atoms with E-state index in [0.717, 1.165) is 18.4 Å². The molecule has 0 bridgehead atoms. The highest BCUT2D eigenvalue weighted by atomic mass is 32.2. The molecule has 0 saturated heterocycles. The predicted molar refractivity (Wildman–Crippen MR) is 101 cm³/mol. The highest BCUT2D eigenvalue weighted by Crippen LogP contribution is 2.32. The van der Waals surface area contributed by atoms with E-state index in [9.17, 15) is 0 Å². The quantitative estimate of drug-likeness (QED) is 0.638. The average molecular weight is 326 g/mol. The minimum Gasteiger partial charge on any atom is -0.260 e. The second kappa shape index (κ2) is 8.56. The van der Waals surface area contributed by atoms with Crippen molar-refractivity contribution >= 4 is 11.9 Å². The van der Waals surface area contributed by atoms with Crippen LogP contribution in [0, 0.1) is 11.8 Å². The topological polar surface area (TPSA) is 12.0 Å². The fourth-order valence-corrected chi connectivity index (χ4v) is 4.49. The maximum Gasteiger partial charge on any atom is 0.0234 e. The molecule has 1 aliphatic carbocycles. The summed E-state index contributed by atoms with van der Waals surface area (Å²) in [6.45, 7) is 3.48. The van der Waals surface area contributed by atoms with Gasteiger partial charge in [-0.25, -0.2) is 0 Å². The number of benzene rings is 2. The lowest BCUT2D eigenvalue weighted by Crippen LogP contribution is -2.27. The normalized spacial score (nSPS) is 21.3. The Balaban J connectivity index is 1.56. The lowest BCUT2D eigenvalue weighted by Gasteiger charge is -2.30. The second-order valence-electron chi connectivity index (χ2n) is 6.56. The molecule has 0 spiro atoms. The molecule has 3 rings (SSSR count). The Morgan fingerprint density at radius 2 is 1.65 bits per heavy atom. The first-order valence-electron chi connectivity index (χ1n) is 8.92. The lowest BCUT2D eigenvalue weighted by molar-refractivity contribution is 0.233. The fraction of sp³-hybridized carbons (Fsp3) is 0.429. The van der Waals surface area contributed by atoms with Crippen molar-refractivity contribution in [1.29, 1.82) is 0 Å². The molecule has 2 atom stereocenters. The zero-order valence-electron chi connectivity index (χ0n) is 14.0. The van der Waals surface area contributed by atoms with Crippen molar-refractivity contribution in [3.8, 4) is 11.1 Å². The van der Waals surface area contributed by atoms with Crippen molar-refractivity contribution < 1.29 is 0 Å². The van der Waals surface area contributed by atoms with Crippen molar-refractivity contribution in [2.45, 2.75) is 43.9 Å². The van der Waals surface area contributed by atoms with Gasteiger partial charge in [-0.15, -0.1) is 0 Å². The van der Waals surface area contributed by atoms with Crippen LogP contribution in [0.3, 0.4) is 0 Å². The molecule has 0 aromatic heterocycles. The largest absolute Gasteiger partial charge is 0.260 e. The maximum atomic E-state index is 3.63. The molecule has 1 nitrogen and oxygen atoms in total. The SMILES string of the molecule is CCC1CCCCC1CNSc1cccc(-c2ccccc2)c1. The van der Waals surface area contributed by atoms with Crippen LogP contribution in [0.25, 0.3) is 11.1 Å². The molecule has 1 saturated carbocycles. The Morgan fingerprint density at radius 1 is 0.913 bits per heavy atom. The van der Waals surface area contributed by atoms with Crippen molar-refractivity contribution in [3.63, 3.8) is 0 Å². The maximum absolute atomic E-state index is 3.63. The zero-order valence-corrected chi connectivity index (χ0v) is 14.8.